The zero-order valence-electron chi connectivity index (χ0n) is 10.1. The Hall–Kier alpha value is -0.160. The van der Waals surface area contributed by atoms with Gasteiger partial charge in [0.15, 0.2) is 0 Å². The van der Waals surface area contributed by atoms with Crippen molar-refractivity contribution in [1.29, 1.82) is 0 Å². The van der Waals surface area contributed by atoms with Crippen LogP contribution in [0.15, 0.2) is 0 Å². The quantitative estimate of drug-likeness (QED) is 0.592. The van der Waals surface area contributed by atoms with E-state index in [1.165, 1.54) is 0 Å². The highest BCUT2D eigenvalue weighted by molar-refractivity contribution is 4.64. The van der Waals surface area contributed by atoms with E-state index in [2.05, 4.69) is 6.92 Å². The normalized spacial score (nSPS) is 13.8. The molecule has 0 saturated heterocycles. The van der Waals surface area contributed by atoms with Gasteiger partial charge in [-0.2, -0.15) is 0 Å². The summed E-state index contributed by atoms with van der Waals surface area (Å²) >= 11 is 0. The van der Waals surface area contributed by atoms with Crippen molar-refractivity contribution in [3.8, 4) is 0 Å². The standard InChI is InChI=1S/C11H25NO3/c1-4-5-12(6-7-13)8-11(14)9-15-10(2)3/h10-11,13-14H,4-9H2,1-3H3/t11-/m1/s1. The third-order valence-corrected chi connectivity index (χ3v) is 2.05. The number of ether oxygens (including phenoxy) is 1. The SMILES string of the molecule is CCCN(CCO)C[C@@H](O)COC(C)C. The van der Waals surface area contributed by atoms with Crippen LogP contribution < -0.4 is 0 Å². The van der Waals surface area contributed by atoms with E-state index >= 15 is 0 Å². The number of nitrogens with zero attached hydrogens (tertiary/aromatic N) is 1. The molecule has 0 bridgehead atoms. The Morgan fingerprint density at radius 2 is 1.93 bits per heavy atom. The van der Waals surface area contributed by atoms with Crippen molar-refractivity contribution < 1.29 is 14.9 Å². The summed E-state index contributed by atoms with van der Waals surface area (Å²) in [6, 6.07) is 0. The lowest BCUT2D eigenvalue weighted by atomic mass is 10.3. The molecule has 0 aromatic rings. The summed E-state index contributed by atoms with van der Waals surface area (Å²) in [4.78, 5) is 2.05. The monoisotopic (exact) mass is 219 g/mol. The second-order valence-electron chi connectivity index (χ2n) is 4.06. The van der Waals surface area contributed by atoms with Gasteiger partial charge in [-0.15, -0.1) is 0 Å². The van der Waals surface area contributed by atoms with E-state index in [1.54, 1.807) is 0 Å². The highest BCUT2D eigenvalue weighted by Gasteiger charge is 2.11. The van der Waals surface area contributed by atoms with E-state index in [1.807, 2.05) is 18.7 Å². The fourth-order valence-corrected chi connectivity index (χ4v) is 1.41. The van der Waals surface area contributed by atoms with Gasteiger partial charge < -0.3 is 14.9 Å². The Kier molecular flexibility index (Phi) is 9.00. The average Bonchev–Trinajstić information content (AvgIpc) is 2.15. The molecule has 0 aromatic heterocycles. The first-order valence-electron chi connectivity index (χ1n) is 5.73. The van der Waals surface area contributed by atoms with Crippen molar-refractivity contribution in [2.24, 2.45) is 0 Å². The van der Waals surface area contributed by atoms with Crippen LogP contribution in [0.1, 0.15) is 27.2 Å². The molecule has 0 radical (unpaired) electrons. The minimum Gasteiger partial charge on any atom is -0.395 e. The molecular formula is C11H25NO3. The summed E-state index contributed by atoms with van der Waals surface area (Å²) in [6.45, 7) is 8.57. The summed E-state index contributed by atoms with van der Waals surface area (Å²) in [5.74, 6) is 0. The summed E-state index contributed by atoms with van der Waals surface area (Å²) in [5.41, 5.74) is 0. The number of hydrogen-bond donors (Lipinski definition) is 2. The van der Waals surface area contributed by atoms with Crippen molar-refractivity contribution in [3.05, 3.63) is 0 Å². The maximum Gasteiger partial charge on any atom is 0.0900 e. The van der Waals surface area contributed by atoms with Gasteiger partial charge in [0, 0.05) is 13.1 Å². The summed E-state index contributed by atoms with van der Waals surface area (Å²) < 4.78 is 5.32. The van der Waals surface area contributed by atoms with Gasteiger partial charge in [-0.25, -0.2) is 0 Å². The molecule has 15 heavy (non-hydrogen) atoms. The van der Waals surface area contributed by atoms with E-state index < -0.39 is 6.10 Å². The molecule has 0 aromatic carbocycles. The van der Waals surface area contributed by atoms with E-state index in [0.717, 1.165) is 13.0 Å². The molecule has 92 valence electrons. The number of rotatable bonds is 9. The lowest BCUT2D eigenvalue weighted by molar-refractivity contribution is -0.0100. The molecule has 0 rings (SSSR count). The Balaban J connectivity index is 3.72. The highest BCUT2D eigenvalue weighted by atomic mass is 16.5. The molecular weight excluding hydrogens is 194 g/mol. The van der Waals surface area contributed by atoms with Crippen LogP contribution in [0.3, 0.4) is 0 Å². The molecule has 0 fully saturated rings. The van der Waals surface area contributed by atoms with Crippen LogP contribution in [0.2, 0.25) is 0 Å². The molecule has 0 saturated carbocycles. The van der Waals surface area contributed by atoms with Crippen LogP contribution in [0.4, 0.5) is 0 Å². The van der Waals surface area contributed by atoms with Gasteiger partial charge in [0.2, 0.25) is 0 Å². The zero-order valence-corrected chi connectivity index (χ0v) is 10.1. The fourth-order valence-electron chi connectivity index (χ4n) is 1.41. The summed E-state index contributed by atoms with van der Waals surface area (Å²) in [7, 11) is 0. The van der Waals surface area contributed by atoms with Crippen LogP contribution in [0.5, 0.6) is 0 Å². The first kappa shape index (κ1) is 14.8. The van der Waals surface area contributed by atoms with Gasteiger partial charge in [-0.05, 0) is 26.8 Å². The lowest BCUT2D eigenvalue weighted by Gasteiger charge is -2.24. The van der Waals surface area contributed by atoms with Crippen LogP contribution >= 0.6 is 0 Å². The number of aliphatic hydroxyl groups is 2. The average molecular weight is 219 g/mol. The highest BCUT2D eigenvalue weighted by Crippen LogP contribution is 1.97. The largest absolute Gasteiger partial charge is 0.395 e. The van der Waals surface area contributed by atoms with Crippen molar-refractivity contribution in [2.75, 3.05) is 32.8 Å². The Morgan fingerprint density at radius 3 is 2.40 bits per heavy atom. The Bertz CT molecular complexity index is 136. The van der Waals surface area contributed by atoms with E-state index in [-0.39, 0.29) is 12.7 Å². The topological polar surface area (TPSA) is 52.9 Å². The minimum atomic E-state index is -0.467. The molecule has 4 nitrogen and oxygen atoms in total. The Morgan fingerprint density at radius 1 is 1.27 bits per heavy atom. The van der Waals surface area contributed by atoms with Gasteiger partial charge in [0.1, 0.15) is 0 Å². The summed E-state index contributed by atoms with van der Waals surface area (Å²) in [6.07, 6.45) is 0.709. The zero-order chi connectivity index (χ0) is 11.7. The molecule has 0 spiro atoms. The van der Waals surface area contributed by atoms with Gasteiger partial charge in [0.25, 0.3) is 0 Å². The van der Waals surface area contributed by atoms with Crippen LogP contribution in [0, 0.1) is 0 Å². The van der Waals surface area contributed by atoms with Crippen molar-refractivity contribution in [1.82, 2.24) is 4.90 Å². The summed E-state index contributed by atoms with van der Waals surface area (Å²) in [5, 5.41) is 18.5. The molecule has 0 aliphatic heterocycles. The molecule has 0 aliphatic carbocycles. The van der Waals surface area contributed by atoms with Crippen molar-refractivity contribution in [2.45, 2.75) is 39.4 Å². The third kappa shape index (κ3) is 8.81. The van der Waals surface area contributed by atoms with Gasteiger partial charge in [-0.3, -0.25) is 4.90 Å². The van der Waals surface area contributed by atoms with Gasteiger partial charge >= 0.3 is 0 Å². The van der Waals surface area contributed by atoms with E-state index in [9.17, 15) is 5.11 Å². The van der Waals surface area contributed by atoms with Gasteiger partial charge in [0.05, 0.1) is 25.4 Å². The predicted molar refractivity (Wildman–Crippen MR) is 60.9 cm³/mol. The van der Waals surface area contributed by atoms with Crippen molar-refractivity contribution in [3.63, 3.8) is 0 Å². The maximum atomic E-state index is 9.67. The molecule has 0 unspecified atom stereocenters. The maximum absolute atomic E-state index is 9.67. The van der Waals surface area contributed by atoms with Crippen molar-refractivity contribution >= 4 is 0 Å². The van der Waals surface area contributed by atoms with E-state index in [4.69, 9.17) is 9.84 Å². The molecule has 0 aliphatic rings. The van der Waals surface area contributed by atoms with Crippen LogP contribution in [-0.4, -0.2) is 60.2 Å². The van der Waals surface area contributed by atoms with E-state index in [0.29, 0.717) is 19.7 Å². The fraction of sp³-hybridized carbons (Fsp3) is 1.00. The molecule has 0 heterocycles. The molecule has 4 heteroatoms. The third-order valence-electron chi connectivity index (χ3n) is 2.05. The molecule has 1 atom stereocenters. The minimum absolute atomic E-state index is 0.137. The predicted octanol–water partition coefficient (Wildman–Crippen LogP) is 0.477. The second-order valence-corrected chi connectivity index (χ2v) is 4.06. The molecule has 0 amide bonds. The van der Waals surface area contributed by atoms with Crippen LogP contribution in [-0.2, 0) is 4.74 Å². The lowest BCUT2D eigenvalue weighted by Crippen LogP contribution is -2.37. The number of hydrogen-bond acceptors (Lipinski definition) is 4. The first-order valence-corrected chi connectivity index (χ1v) is 5.73. The number of aliphatic hydroxyl groups excluding tert-OH is 2. The second kappa shape index (κ2) is 9.09. The van der Waals surface area contributed by atoms with Crippen LogP contribution in [0.25, 0.3) is 0 Å². The Labute approximate surface area is 92.9 Å². The smallest absolute Gasteiger partial charge is 0.0900 e. The first-order chi connectivity index (χ1) is 7.10. The van der Waals surface area contributed by atoms with Gasteiger partial charge in [-0.1, -0.05) is 6.92 Å². The molecule has 2 N–H and O–H groups in total.